The number of thioether (sulfide) groups is 2. The molecule has 31 heavy (non-hydrogen) atoms. The van der Waals surface area contributed by atoms with Gasteiger partial charge in [-0.3, -0.25) is 9.59 Å². The first-order chi connectivity index (χ1) is 14.3. The fraction of sp³-hybridized carbons (Fsp3) is 0.760. The summed E-state index contributed by atoms with van der Waals surface area (Å²) in [6, 6.07) is 2.00. The lowest BCUT2D eigenvalue weighted by molar-refractivity contribution is -0.123. The third-order valence-corrected chi connectivity index (χ3v) is 13.0. The van der Waals surface area contributed by atoms with E-state index in [9.17, 15) is 9.59 Å². The van der Waals surface area contributed by atoms with Gasteiger partial charge in [-0.2, -0.15) is 0 Å². The van der Waals surface area contributed by atoms with Gasteiger partial charge in [-0.1, -0.05) is 65.1 Å². The smallest absolute Gasteiger partial charge is 0.189 e. The largest absolute Gasteiger partial charge is 0.298 e. The van der Waals surface area contributed by atoms with Crippen LogP contribution in [-0.4, -0.2) is 32.0 Å². The number of aromatic nitrogens is 2. The third-order valence-electron chi connectivity index (χ3n) is 10.2. The molecule has 0 radical (unpaired) electrons. The number of Topliss-reactive ketones (excluding diaryl/α,β-unsaturated/α-hetero) is 2. The minimum atomic E-state index is -0.0820. The molecule has 4 saturated carbocycles. The topological polar surface area (TPSA) is 59.9 Å². The van der Waals surface area contributed by atoms with Crippen molar-refractivity contribution in [3.8, 4) is 0 Å². The average molecular weight is 459 g/mol. The van der Waals surface area contributed by atoms with Crippen LogP contribution in [0.5, 0.6) is 0 Å². The number of nitrogens with zero attached hydrogens (tertiary/aromatic N) is 2. The van der Waals surface area contributed by atoms with Crippen LogP contribution in [0.15, 0.2) is 16.2 Å². The minimum Gasteiger partial charge on any atom is -0.298 e. The van der Waals surface area contributed by atoms with E-state index >= 15 is 0 Å². The fourth-order valence-corrected chi connectivity index (χ4v) is 10.4. The molecule has 4 nitrogen and oxygen atoms in total. The first kappa shape index (κ1) is 21.9. The van der Waals surface area contributed by atoms with Crippen LogP contribution in [0.3, 0.4) is 0 Å². The molecule has 0 spiro atoms. The molecular weight excluding hydrogens is 424 g/mol. The van der Waals surface area contributed by atoms with Crippen molar-refractivity contribution in [1.82, 2.24) is 9.97 Å². The summed E-state index contributed by atoms with van der Waals surface area (Å²) < 4.78 is 0. The second-order valence-electron chi connectivity index (χ2n) is 11.9. The van der Waals surface area contributed by atoms with Crippen LogP contribution in [0.25, 0.3) is 0 Å². The zero-order chi connectivity index (χ0) is 22.6. The maximum Gasteiger partial charge on any atom is 0.189 e. The zero-order valence-corrected chi connectivity index (χ0v) is 21.4. The normalized spacial score (nSPS) is 42.0. The summed E-state index contributed by atoms with van der Waals surface area (Å²) in [4.78, 5) is 35.9. The quantitative estimate of drug-likeness (QED) is 0.422. The van der Waals surface area contributed by atoms with Gasteiger partial charge in [-0.25, -0.2) is 9.97 Å². The molecule has 4 fully saturated rings. The minimum absolute atomic E-state index is 0.00362. The lowest BCUT2D eigenvalue weighted by Gasteiger charge is -2.37. The maximum atomic E-state index is 13.2. The van der Waals surface area contributed by atoms with Gasteiger partial charge >= 0.3 is 0 Å². The Labute approximate surface area is 194 Å². The fourth-order valence-electron chi connectivity index (χ4n) is 7.21. The van der Waals surface area contributed by atoms with Gasteiger partial charge in [0.25, 0.3) is 0 Å². The van der Waals surface area contributed by atoms with Gasteiger partial charge in [0.1, 0.15) is 16.6 Å². The van der Waals surface area contributed by atoms with Crippen LogP contribution in [0.1, 0.15) is 72.9 Å². The van der Waals surface area contributed by atoms with E-state index in [1.54, 1.807) is 23.5 Å². The molecule has 4 aliphatic carbocycles. The van der Waals surface area contributed by atoms with Crippen molar-refractivity contribution in [2.75, 3.05) is 0 Å². The summed E-state index contributed by atoms with van der Waals surface area (Å²) in [5, 5.41) is 1.43. The predicted octanol–water partition coefficient (Wildman–Crippen LogP) is 5.76. The Morgan fingerprint density at radius 3 is 1.74 bits per heavy atom. The highest BCUT2D eigenvalue weighted by atomic mass is 32.2. The maximum absolute atomic E-state index is 13.2. The Bertz CT molecular complexity index is 915. The van der Waals surface area contributed by atoms with Crippen LogP contribution in [-0.2, 0) is 9.59 Å². The van der Waals surface area contributed by atoms with E-state index in [2.05, 4.69) is 46.5 Å². The first-order valence-electron chi connectivity index (χ1n) is 11.6. The lowest BCUT2D eigenvalue weighted by Crippen LogP contribution is -2.36. The van der Waals surface area contributed by atoms with E-state index in [4.69, 9.17) is 4.98 Å². The Kier molecular flexibility index (Phi) is 4.66. The summed E-state index contributed by atoms with van der Waals surface area (Å²) in [5.74, 6) is 1.09. The summed E-state index contributed by atoms with van der Waals surface area (Å²) in [6.45, 7) is 15.6. The SMILES string of the molecule is Cc1cc(S[C@@H]2C(=O)[C@@H]3CC[C@]2(C)C3(C)C)nc(S[C@H]2C(=O)[C@H]3CC[C@]2(C)C3(C)C)n1. The molecule has 6 atom stereocenters. The van der Waals surface area contributed by atoms with Crippen LogP contribution in [0, 0.1) is 40.4 Å². The van der Waals surface area contributed by atoms with Crippen molar-refractivity contribution < 1.29 is 9.59 Å². The van der Waals surface area contributed by atoms with Gasteiger partial charge in [0, 0.05) is 17.5 Å². The van der Waals surface area contributed by atoms with E-state index in [1.807, 2.05) is 13.0 Å². The van der Waals surface area contributed by atoms with Crippen molar-refractivity contribution in [2.45, 2.75) is 94.8 Å². The van der Waals surface area contributed by atoms with Gasteiger partial charge in [-0.05, 0) is 60.3 Å². The number of hydrogen-bond acceptors (Lipinski definition) is 6. The number of hydrogen-bond donors (Lipinski definition) is 0. The highest BCUT2D eigenvalue weighted by Gasteiger charge is 2.67. The Balaban J connectivity index is 1.42. The van der Waals surface area contributed by atoms with E-state index in [-0.39, 0.29) is 44.0 Å². The first-order valence-corrected chi connectivity index (χ1v) is 13.4. The number of fused-ring (bicyclic) bond motifs is 4. The predicted molar refractivity (Wildman–Crippen MR) is 125 cm³/mol. The average Bonchev–Trinajstić information content (AvgIpc) is 3.14. The third kappa shape index (κ3) is 2.70. The van der Waals surface area contributed by atoms with Crippen molar-refractivity contribution in [1.29, 1.82) is 0 Å². The highest BCUT2D eigenvalue weighted by Crippen LogP contribution is 2.68. The van der Waals surface area contributed by atoms with Crippen molar-refractivity contribution in [3.05, 3.63) is 11.8 Å². The second kappa shape index (κ2) is 6.59. The molecule has 5 rings (SSSR count). The van der Waals surface area contributed by atoms with E-state index < -0.39 is 0 Å². The van der Waals surface area contributed by atoms with Crippen LogP contribution >= 0.6 is 23.5 Å². The monoisotopic (exact) mass is 458 g/mol. The van der Waals surface area contributed by atoms with Gasteiger partial charge in [0.15, 0.2) is 5.16 Å². The van der Waals surface area contributed by atoms with Crippen molar-refractivity contribution in [3.63, 3.8) is 0 Å². The number of aryl methyl sites for hydroxylation is 1. The van der Waals surface area contributed by atoms with Crippen LogP contribution in [0.4, 0.5) is 0 Å². The molecule has 0 saturated heterocycles. The molecule has 1 aromatic rings. The van der Waals surface area contributed by atoms with Crippen LogP contribution in [0.2, 0.25) is 0 Å². The molecule has 4 aliphatic rings. The molecule has 1 aromatic heterocycles. The van der Waals surface area contributed by atoms with Crippen LogP contribution < -0.4 is 0 Å². The number of carbonyl (C=O) groups excluding carboxylic acids is 2. The lowest BCUT2D eigenvalue weighted by atomic mass is 9.71. The Hall–Kier alpha value is -0.880. The van der Waals surface area contributed by atoms with Crippen molar-refractivity contribution >= 4 is 35.1 Å². The van der Waals surface area contributed by atoms with E-state index in [1.165, 1.54) is 0 Å². The molecule has 0 aliphatic heterocycles. The Morgan fingerprint density at radius 2 is 1.29 bits per heavy atom. The van der Waals surface area contributed by atoms with Gasteiger partial charge in [-0.15, -0.1) is 0 Å². The summed E-state index contributed by atoms with van der Waals surface area (Å²) in [6.07, 6.45) is 4.22. The molecule has 0 unspecified atom stereocenters. The van der Waals surface area contributed by atoms with E-state index in [0.29, 0.717) is 16.7 Å². The molecule has 6 heteroatoms. The van der Waals surface area contributed by atoms with Gasteiger partial charge in [0.2, 0.25) is 0 Å². The summed E-state index contributed by atoms with van der Waals surface area (Å²) in [7, 11) is 0. The summed E-state index contributed by atoms with van der Waals surface area (Å²) in [5.41, 5.74) is 0.956. The molecular formula is C25H34N2O2S2. The molecule has 0 amide bonds. The highest BCUT2D eigenvalue weighted by molar-refractivity contribution is 8.01. The molecule has 168 valence electrons. The van der Waals surface area contributed by atoms with Crippen molar-refractivity contribution in [2.24, 2.45) is 33.5 Å². The molecule has 0 N–H and O–H groups in total. The zero-order valence-electron chi connectivity index (χ0n) is 19.7. The molecule has 1 heterocycles. The van der Waals surface area contributed by atoms with Gasteiger partial charge < -0.3 is 0 Å². The van der Waals surface area contributed by atoms with Gasteiger partial charge in [0.05, 0.1) is 10.5 Å². The number of rotatable bonds is 4. The summed E-state index contributed by atoms with van der Waals surface area (Å²) >= 11 is 3.18. The standard InChI is InChI=1S/C25H34N2O2S2/c1-13-12-16(30-19-17(28)14-8-10-24(19,6)22(14,2)3)27-21(26-13)31-20-18(29)15-9-11-25(20,7)23(15,4)5/h12,14-15,19-20H,8-11H2,1-7H3/t14-,15+,19+,20-,24-,25-/m0/s1. The number of carbonyl (C=O) groups is 2. The second-order valence-corrected chi connectivity index (χ2v) is 14.1. The molecule has 4 bridgehead atoms. The Morgan fingerprint density at radius 1 is 0.806 bits per heavy atom. The molecule has 0 aromatic carbocycles. The van der Waals surface area contributed by atoms with E-state index in [0.717, 1.165) is 36.4 Å². The number of ketones is 2.